The number of nitrogens with one attached hydrogen (secondary N) is 1. The molecular weight excluding hydrogens is 330 g/mol. The molecule has 1 aromatic rings. The van der Waals surface area contributed by atoms with Crippen LogP contribution in [0.25, 0.3) is 0 Å². The Morgan fingerprint density at radius 1 is 1.00 bits per heavy atom. The van der Waals surface area contributed by atoms with Crippen LogP contribution >= 0.6 is 0 Å². The Balaban J connectivity index is 1.55. The number of hydrogen-bond acceptors (Lipinski definition) is 4. The van der Waals surface area contributed by atoms with E-state index in [-0.39, 0.29) is 23.6 Å². The van der Waals surface area contributed by atoms with E-state index in [1.54, 1.807) is 18.2 Å². The first-order chi connectivity index (χ1) is 12.7. The summed E-state index contributed by atoms with van der Waals surface area (Å²) in [5.74, 6) is 2.47. The first-order valence-corrected chi connectivity index (χ1v) is 10.0. The molecule has 3 aliphatic carbocycles. The second kappa shape index (κ2) is 6.05. The summed E-state index contributed by atoms with van der Waals surface area (Å²) in [7, 11) is 0. The summed E-state index contributed by atoms with van der Waals surface area (Å²) >= 11 is 0. The molecule has 5 rings (SSSR count). The molecule has 4 aliphatic rings. The summed E-state index contributed by atoms with van der Waals surface area (Å²) in [5.41, 5.74) is 3.87. The Kier molecular flexibility index (Phi) is 3.78. The highest BCUT2D eigenvalue weighted by atomic mass is 16.6. The Labute approximate surface area is 153 Å². The van der Waals surface area contributed by atoms with Crippen LogP contribution in [0, 0.1) is 39.7 Å². The lowest BCUT2D eigenvalue weighted by Gasteiger charge is -2.45. The van der Waals surface area contributed by atoms with Gasteiger partial charge in [-0.25, -0.2) is 10.4 Å². The summed E-state index contributed by atoms with van der Waals surface area (Å²) in [6, 6.07) is 6.88. The van der Waals surface area contributed by atoms with Crippen molar-refractivity contribution in [1.82, 2.24) is 5.43 Å². The summed E-state index contributed by atoms with van der Waals surface area (Å²) in [6.45, 7) is 0. The fourth-order valence-electron chi connectivity index (χ4n) is 6.57. The molecule has 1 N–H and O–H groups in total. The number of nitro benzene ring substituents is 1. The Bertz CT molecular complexity index is 752. The van der Waals surface area contributed by atoms with Gasteiger partial charge in [0.25, 0.3) is 5.69 Å². The van der Waals surface area contributed by atoms with Crippen molar-refractivity contribution in [2.45, 2.75) is 51.0 Å². The average molecular weight is 355 g/mol. The number of nitrogens with zero attached hydrogens (tertiary/aromatic N) is 2. The lowest BCUT2D eigenvalue weighted by molar-refractivity contribution is -0.384. The standard InChI is InChI=1S/C20H25N3O3/c24-20-15-9-5-8-13-12-6-1-2-7-14(12)19(18(13)15)21-22(20)16-10-3-4-11-17(16)23(25)26/h3-4,10-15,18-19,21H,1-2,5-9H2. The number of rotatable bonds is 2. The smallest absolute Gasteiger partial charge is 0.273 e. The minimum atomic E-state index is -0.391. The van der Waals surface area contributed by atoms with Crippen LogP contribution in [0.1, 0.15) is 44.9 Å². The molecule has 1 saturated heterocycles. The molecule has 26 heavy (non-hydrogen) atoms. The van der Waals surface area contributed by atoms with E-state index in [0.717, 1.165) is 18.8 Å². The Morgan fingerprint density at radius 2 is 1.73 bits per heavy atom. The highest BCUT2D eigenvalue weighted by Gasteiger charge is 2.59. The van der Waals surface area contributed by atoms with Gasteiger partial charge in [0.15, 0.2) is 0 Å². The van der Waals surface area contributed by atoms with Gasteiger partial charge in [0.1, 0.15) is 5.69 Å². The maximum absolute atomic E-state index is 13.3. The zero-order chi connectivity index (χ0) is 17.8. The van der Waals surface area contributed by atoms with Crippen LogP contribution in [0.2, 0.25) is 0 Å². The molecule has 1 amide bonds. The van der Waals surface area contributed by atoms with Gasteiger partial charge in [0.2, 0.25) is 5.91 Å². The van der Waals surface area contributed by atoms with E-state index in [2.05, 4.69) is 5.43 Å². The van der Waals surface area contributed by atoms with Crippen molar-refractivity contribution < 1.29 is 9.72 Å². The number of nitro groups is 1. The van der Waals surface area contributed by atoms with Crippen LogP contribution in [0.5, 0.6) is 0 Å². The molecule has 0 aromatic heterocycles. The molecule has 3 saturated carbocycles. The van der Waals surface area contributed by atoms with Crippen LogP contribution < -0.4 is 10.4 Å². The van der Waals surface area contributed by atoms with Gasteiger partial charge in [0.05, 0.1) is 4.92 Å². The second-order valence-corrected chi connectivity index (χ2v) is 8.47. The molecule has 0 radical (unpaired) electrons. The molecule has 0 bridgehead atoms. The fourth-order valence-corrected chi connectivity index (χ4v) is 6.57. The Hall–Kier alpha value is -1.95. The lowest BCUT2D eigenvalue weighted by atomic mass is 9.68. The molecule has 4 fully saturated rings. The maximum atomic E-state index is 13.3. The van der Waals surface area contributed by atoms with E-state index in [0.29, 0.717) is 23.4 Å². The van der Waals surface area contributed by atoms with E-state index in [9.17, 15) is 14.9 Å². The van der Waals surface area contributed by atoms with Crippen LogP contribution in [0.15, 0.2) is 24.3 Å². The third-order valence-corrected chi connectivity index (χ3v) is 7.45. The van der Waals surface area contributed by atoms with Crippen molar-refractivity contribution in [2.24, 2.45) is 29.6 Å². The number of carbonyl (C=O) groups excluding carboxylic acids is 1. The number of benzene rings is 1. The summed E-state index contributed by atoms with van der Waals surface area (Å²) in [4.78, 5) is 24.4. The zero-order valence-corrected chi connectivity index (χ0v) is 14.8. The molecule has 1 heterocycles. The van der Waals surface area contributed by atoms with Gasteiger partial charge < -0.3 is 0 Å². The monoisotopic (exact) mass is 355 g/mol. The highest BCUT2D eigenvalue weighted by Crippen LogP contribution is 2.57. The molecular formula is C20H25N3O3. The van der Waals surface area contributed by atoms with Crippen LogP contribution in [0.3, 0.4) is 0 Å². The minimum absolute atomic E-state index is 0.00245. The SMILES string of the molecule is O=C1C2CCCC3C4CCCCC4C(NN1c1ccccc1[N+](=O)[O-])C23. The number of anilines is 1. The van der Waals surface area contributed by atoms with Crippen LogP contribution in [-0.2, 0) is 4.79 Å². The predicted molar refractivity (Wildman–Crippen MR) is 97.3 cm³/mol. The third kappa shape index (κ3) is 2.24. The van der Waals surface area contributed by atoms with Gasteiger partial charge in [-0.1, -0.05) is 31.4 Å². The van der Waals surface area contributed by atoms with Crippen molar-refractivity contribution in [2.75, 3.05) is 5.01 Å². The average Bonchev–Trinajstić information content (AvgIpc) is 2.99. The van der Waals surface area contributed by atoms with E-state index < -0.39 is 4.92 Å². The quantitative estimate of drug-likeness (QED) is 0.649. The predicted octanol–water partition coefficient (Wildman–Crippen LogP) is 3.67. The molecule has 6 unspecified atom stereocenters. The topological polar surface area (TPSA) is 75.5 Å². The highest BCUT2D eigenvalue weighted by molar-refractivity contribution is 5.97. The van der Waals surface area contributed by atoms with E-state index in [1.807, 2.05) is 0 Å². The largest absolute Gasteiger partial charge is 0.294 e. The number of fused-ring (bicyclic) bond motifs is 3. The van der Waals surface area contributed by atoms with Gasteiger partial charge in [-0.3, -0.25) is 14.9 Å². The van der Waals surface area contributed by atoms with E-state index in [1.165, 1.54) is 43.2 Å². The second-order valence-electron chi connectivity index (χ2n) is 8.47. The van der Waals surface area contributed by atoms with Gasteiger partial charge >= 0.3 is 0 Å². The maximum Gasteiger partial charge on any atom is 0.294 e. The summed E-state index contributed by atoms with van der Waals surface area (Å²) in [5, 5.41) is 13.0. The molecule has 6 nitrogen and oxygen atoms in total. The van der Waals surface area contributed by atoms with Gasteiger partial charge in [0, 0.05) is 18.0 Å². The molecule has 138 valence electrons. The summed E-state index contributed by atoms with van der Waals surface area (Å²) < 4.78 is 0. The van der Waals surface area contributed by atoms with Crippen LogP contribution in [0.4, 0.5) is 11.4 Å². The number of hydrazine groups is 1. The van der Waals surface area contributed by atoms with Gasteiger partial charge in [-0.2, -0.15) is 0 Å². The van der Waals surface area contributed by atoms with Crippen molar-refractivity contribution in [3.05, 3.63) is 34.4 Å². The number of carbonyl (C=O) groups is 1. The van der Waals surface area contributed by atoms with Crippen molar-refractivity contribution in [3.8, 4) is 0 Å². The minimum Gasteiger partial charge on any atom is -0.273 e. The van der Waals surface area contributed by atoms with Crippen molar-refractivity contribution >= 4 is 17.3 Å². The first kappa shape index (κ1) is 16.2. The molecule has 1 aromatic carbocycles. The normalized spacial score (nSPS) is 38.6. The summed E-state index contributed by atoms with van der Waals surface area (Å²) in [6.07, 6.45) is 8.37. The fraction of sp³-hybridized carbons (Fsp3) is 0.650. The third-order valence-electron chi connectivity index (χ3n) is 7.45. The van der Waals surface area contributed by atoms with Gasteiger partial charge in [-0.15, -0.1) is 0 Å². The van der Waals surface area contributed by atoms with Crippen molar-refractivity contribution in [1.29, 1.82) is 0 Å². The molecule has 6 heteroatoms. The first-order valence-electron chi connectivity index (χ1n) is 10.0. The van der Waals surface area contributed by atoms with Crippen molar-refractivity contribution in [3.63, 3.8) is 0 Å². The number of para-hydroxylation sites is 2. The van der Waals surface area contributed by atoms with E-state index in [4.69, 9.17) is 0 Å². The lowest BCUT2D eigenvalue weighted by Crippen LogP contribution is -2.62. The molecule has 1 aliphatic heterocycles. The number of amides is 1. The zero-order valence-electron chi connectivity index (χ0n) is 14.8. The van der Waals surface area contributed by atoms with Crippen LogP contribution in [-0.4, -0.2) is 16.9 Å². The molecule has 0 spiro atoms. The van der Waals surface area contributed by atoms with E-state index >= 15 is 0 Å². The van der Waals surface area contributed by atoms with Gasteiger partial charge in [-0.05, 0) is 55.4 Å². The Morgan fingerprint density at radius 3 is 2.54 bits per heavy atom. The number of hydrogen-bond donors (Lipinski definition) is 1. The molecule has 6 atom stereocenters.